The minimum absolute atomic E-state index is 0.159. The molecule has 1 aliphatic rings. The number of hydrogen-bond acceptors (Lipinski definition) is 3. The highest BCUT2D eigenvalue weighted by molar-refractivity contribution is 5.79. The van der Waals surface area contributed by atoms with Gasteiger partial charge in [0.05, 0.1) is 5.92 Å². The van der Waals surface area contributed by atoms with Crippen LogP contribution in [0, 0.1) is 5.92 Å². The molecule has 0 aromatic rings. The van der Waals surface area contributed by atoms with Crippen molar-refractivity contribution in [3.05, 3.63) is 0 Å². The molecule has 18 heavy (non-hydrogen) atoms. The summed E-state index contributed by atoms with van der Waals surface area (Å²) in [6.45, 7) is -0.568. The average molecular weight is 268 g/mol. The standard InChI is InChI=1S/C11H19F3N2O2/c1-15-10(18)7-4-2-3-5-8(7)16-6-9(17)11(12,13)14/h7-9,16-17H,2-6H2,1H3,(H,15,18)/t7-,8-,9+/m1/s1. The molecule has 0 saturated heterocycles. The van der Waals surface area contributed by atoms with Crippen LogP contribution in [0.4, 0.5) is 13.2 Å². The van der Waals surface area contributed by atoms with Gasteiger partial charge in [-0.05, 0) is 12.8 Å². The average Bonchev–Trinajstić information content (AvgIpc) is 2.34. The summed E-state index contributed by atoms with van der Waals surface area (Å²) in [7, 11) is 1.51. The Bertz CT molecular complexity index is 284. The van der Waals surface area contributed by atoms with Crippen molar-refractivity contribution in [2.24, 2.45) is 5.92 Å². The normalized spacial score (nSPS) is 26.7. The molecule has 1 aliphatic carbocycles. The van der Waals surface area contributed by atoms with Gasteiger partial charge in [0.15, 0.2) is 6.10 Å². The van der Waals surface area contributed by atoms with Crippen molar-refractivity contribution in [1.29, 1.82) is 0 Å². The summed E-state index contributed by atoms with van der Waals surface area (Å²) in [6, 6.07) is -0.296. The molecule has 0 radical (unpaired) electrons. The van der Waals surface area contributed by atoms with Crippen LogP contribution in [0.1, 0.15) is 25.7 Å². The lowest BCUT2D eigenvalue weighted by Crippen LogP contribution is -2.49. The molecule has 0 aliphatic heterocycles. The Morgan fingerprint density at radius 2 is 2.00 bits per heavy atom. The Kier molecular flexibility index (Phi) is 5.40. The molecule has 0 spiro atoms. The zero-order chi connectivity index (χ0) is 13.8. The van der Waals surface area contributed by atoms with Crippen molar-refractivity contribution in [1.82, 2.24) is 10.6 Å². The Morgan fingerprint density at radius 3 is 2.56 bits per heavy atom. The van der Waals surface area contributed by atoms with E-state index in [0.29, 0.717) is 12.8 Å². The third-order valence-electron chi connectivity index (χ3n) is 3.30. The van der Waals surface area contributed by atoms with Crippen molar-refractivity contribution in [3.63, 3.8) is 0 Å². The number of alkyl halides is 3. The van der Waals surface area contributed by atoms with Gasteiger partial charge in [-0.25, -0.2) is 0 Å². The SMILES string of the molecule is CNC(=O)[C@@H]1CCCC[C@H]1NC[C@H](O)C(F)(F)F. The molecule has 1 rings (SSSR count). The first-order valence-electron chi connectivity index (χ1n) is 6.06. The molecule has 0 bridgehead atoms. The van der Waals surface area contributed by atoms with Crippen LogP contribution in [0.25, 0.3) is 0 Å². The Labute approximate surface area is 104 Å². The second kappa shape index (κ2) is 6.38. The summed E-state index contributed by atoms with van der Waals surface area (Å²) in [5.74, 6) is -0.474. The lowest BCUT2D eigenvalue weighted by Gasteiger charge is -2.31. The highest BCUT2D eigenvalue weighted by Gasteiger charge is 2.39. The third kappa shape index (κ3) is 4.13. The van der Waals surface area contributed by atoms with Crippen LogP contribution in [0.2, 0.25) is 0 Å². The van der Waals surface area contributed by atoms with E-state index in [0.717, 1.165) is 12.8 Å². The first-order chi connectivity index (χ1) is 8.36. The molecule has 0 aromatic carbocycles. The number of aliphatic hydroxyl groups is 1. The van der Waals surface area contributed by atoms with Gasteiger partial charge in [0, 0.05) is 19.6 Å². The van der Waals surface area contributed by atoms with E-state index in [-0.39, 0.29) is 17.9 Å². The molecule has 1 saturated carbocycles. The number of amides is 1. The van der Waals surface area contributed by atoms with E-state index in [1.165, 1.54) is 7.05 Å². The summed E-state index contributed by atoms with van der Waals surface area (Å²) in [5, 5.41) is 14.1. The van der Waals surface area contributed by atoms with Gasteiger partial charge < -0.3 is 15.7 Å². The van der Waals surface area contributed by atoms with Crippen LogP contribution in [-0.4, -0.2) is 42.9 Å². The lowest BCUT2D eigenvalue weighted by atomic mass is 9.84. The molecular formula is C11H19F3N2O2. The predicted octanol–water partition coefficient (Wildman–Crippen LogP) is 0.804. The highest BCUT2D eigenvalue weighted by Crippen LogP contribution is 2.25. The summed E-state index contributed by atoms with van der Waals surface area (Å²) < 4.78 is 36.5. The second-order valence-electron chi connectivity index (χ2n) is 4.58. The minimum atomic E-state index is -4.62. The highest BCUT2D eigenvalue weighted by atomic mass is 19.4. The van der Waals surface area contributed by atoms with Crippen molar-refractivity contribution in [2.45, 2.75) is 44.0 Å². The number of carbonyl (C=O) groups excluding carboxylic acids is 1. The van der Waals surface area contributed by atoms with E-state index in [4.69, 9.17) is 5.11 Å². The Morgan fingerprint density at radius 1 is 1.39 bits per heavy atom. The molecule has 1 amide bonds. The minimum Gasteiger partial charge on any atom is -0.382 e. The van der Waals surface area contributed by atoms with Crippen molar-refractivity contribution in [3.8, 4) is 0 Å². The van der Waals surface area contributed by atoms with Crippen LogP contribution in [0.3, 0.4) is 0 Å². The van der Waals surface area contributed by atoms with Crippen molar-refractivity contribution < 1.29 is 23.1 Å². The quantitative estimate of drug-likeness (QED) is 0.707. The number of rotatable bonds is 4. The van der Waals surface area contributed by atoms with Gasteiger partial charge in [0.2, 0.25) is 5.91 Å². The van der Waals surface area contributed by atoms with Crippen LogP contribution in [-0.2, 0) is 4.79 Å². The molecule has 0 aromatic heterocycles. The predicted molar refractivity (Wildman–Crippen MR) is 59.9 cm³/mol. The molecule has 0 heterocycles. The van der Waals surface area contributed by atoms with E-state index >= 15 is 0 Å². The zero-order valence-electron chi connectivity index (χ0n) is 10.3. The number of nitrogens with one attached hydrogen (secondary N) is 2. The summed E-state index contributed by atoms with van der Waals surface area (Å²) in [4.78, 5) is 11.6. The molecule has 3 N–H and O–H groups in total. The van der Waals surface area contributed by atoms with Crippen molar-refractivity contribution in [2.75, 3.05) is 13.6 Å². The van der Waals surface area contributed by atoms with E-state index in [1.54, 1.807) is 0 Å². The fraction of sp³-hybridized carbons (Fsp3) is 0.909. The molecule has 106 valence electrons. The molecule has 4 nitrogen and oxygen atoms in total. The lowest BCUT2D eigenvalue weighted by molar-refractivity contribution is -0.202. The van der Waals surface area contributed by atoms with E-state index < -0.39 is 18.8 Å². The van der Waals surface area contributed by atoms with Gasteiger partial charge >= 0.3 is 6.18 Å². The summed E-state index contributed by atoms with van der Waals surface area (Å²) >= 11 is 0. The van der Waals surface area contributed by atoms with E-state index in [2.05, 4.69) is 10.6 Å². The van der Waals surface area contributed by atoms with Crippen LogP contribution < -0.4 is 10.6 Å². The van der Waals surface area contributed by atoms with Gasteiger partial charge in [0.25, 0.3) is 0 Å². The number of aliphatic hydroxyl groups excluding tert-OH is 1. The Balaban J connectivity index is 2.50. The van der Waals surface area contributed by atoms with Gasteiger partial charge in [0.1, 0.15) is 0 Å². The van der Waals surface area contributed by atoms with E-state index in [1.807, 2.05) is 0 Å². The summed E-state index contributed by atoms with van der Waals surface area (Å²) in [5.41, 5.74) is 0. The largest absolute Gasteiger partial charge is 0.415 e. The molecular weight excluding hydrogens is 249 g/mol. The maximum absolute atomic E-state index is 12.2. The fourth-order valence-electron chi connectivity index (χ4n) is 2.25. The smallest absolute Gasteiger partial charge is 0.382 e. The molecule has 1 fully saturated rings. The van der Waals surface area contributed by atoms with Gasteiger partial charge in [-0.1, -0.05) is 12.8 Å². The first-order valence-corrected chi connectivity index (χ1v) is 6.06. The van der Waals surface area contributed by atoms with Gasteiger partial charge in [-0.15, -0.1) is 0 Å². The maximum atomic E-state index is 12.2. The molecule has 0 unspecified atom stereocenters. The number of carbonyl (C=O) groups is 1. The van der Waals surface area contributed by atoms with Crippen LogP contribution in [0.15, 0.2) is 0 Å². The zero-order valence-corrected chi connectivity index (χ0v) is 10.3. The van der Waals surface area contributed by atoms with Crippen LogP contribution >= 0.6 is 0 Å². The Hall–Kier alpha value is -0.820. The maximum Gasteiger partial charge on any atom is 0.415 e. The molecule has 7 heteroatoms. The van der Waals surface area contributed by atoms with Crippen molar-refractivity contribution >= 4 is 5.91 Å². The third-order valence-corrected chi connectivity index (χ3v) is 3.30. The van der Waals surface area contributed by atoms with E-state index in [9.17, 15) is 18.0 Å². The number of halogens is 3. The van der Waals surface area contributed by atoms with Gasteiger partial charge in [-0.2, -0.15) is 13.2 Å². The topological polar surface area (TPSA) is 61.4 Å². The monoisotopic (exact) mass is 268 g/mol. The molecule has 3 atom stereocenters. The fourth-order valence-corrected chi connectivity index (χ4v) is 2.25. The number of hydrogen-bond donors (Lipinski definition) is 3. The second-order valence-corrected chi connectivity index (χ2v) is 4.58. The van der Waals surface area contributed by atoms with Crippen LogP contribution in [0.5, 0.6) is 0 Å². The summed E-state index contributed by atoms with van der Waals surface area (Å²) in [6.07, 6.45) is -3.90. The van der Waals surface area contributed by atoms with Gasteiger partial charge in [-0.3, -0.25) is 4.79 Å². The first kappa shape index (κ1) is 15.2.